The van der Waals surface area contributed by atoms with Crippen LogP contribution < -0.4 is 5.32 Å². The number of amides is 1. The molecule has 19 heavy (non-hydrogen) atoms. The Hall–Kier alpha value is -1.55. The molecule has 104 valence electrons. The first-order chi connectivity index (χ1) is 9.13. The summed E-state index contributed by atoms with van der Waals surface area (Å²) in [6.07, 6.45) is 2.75. The van der Waals surface area contributed by atoms with Crippen LogP contribution in [-0.2, 0) is 11.2 Å². The summed E-state index contributed by atoms with van der Waals surface area (Å²) < 4.78 is 5.08. The van der Waals surface area contributed by atoms with E-state index in [9.17, 15) is 9.90 Å². The van der Waals surface area contributed by atoms with Crippen LogP contribution in [0.4, 0.5) is 0 Å². The van der Waals surface area contributed by atoms with Gasteiger partial charge in [0.2, 0.25) is 0 Å². The third kappa shape index (κ3) is 3.26. The molecule has 0 saturated heterocycles. The minimum Gasteiger partial charge on any atom is -0.507 e. The van der Waals surface area contributed by atoms with Crippen LogP contribution >= 0.6 is 0 Å². The zero-order valence-corrected chi connectivity index (χ0v) is 11.5. The van der Waals surface area contributed by atoms with E-state index in [4.69, 9.17) is 4.74 Å². The molecule has 0 heterocycles. The second-order valence-electron chi connectivity index (χ2n) is 5.17. The number of benzene rings is 1. The number of aromatic hydroxyl groups is 1. The number of phenols is 1. The van der Waals surface area contributed by atoms with E-state index in [2.05, 4.69) is 5.32 Å². The summed E-state index contributed by atoms with van der Waals surface area (Å²) in [5.74, 6) is 0.405. The molecule has 2 rings (SSSR count). The monoisotopic (exact) mass is 263 g/mol. The molecule has 4 nitrogen and oxygen atoms in total. The maximum absolute atomic E-state index is 12.1. The van der Waals surface area contributed by atoms with E-state index in [1.54, 1.807) is 19.2 Å². The first kappa shape index (κ1) is 13.9. The molecule has 1 amide bonds. The molecule has 1 fully saturated rings. The first-order valence-electron chi connectivity index (χ1n) is 6.75. The highest BCUT2D eigenvalue weighted by Gasteiger charge is 2.30. The van der Waals surface area contributed by atoms with E-state index in [0.29, 0.717) is 11.5 Å². The normalized spacial score (nSPS) is 21.8. The number of methoxy groups -OCH3 is 1. The van der Waals surface area contributed by atoms with Crippen LogP contribution in [0, 0.1) is 5.92 Å². The number of nitrogens with one attached hydrogen (secondary N) is 1. The molecule has 0 aromatic heterocycles. The summed E-state index contributed by atoms with van der Waals surface area (Å²) >= 11 is 0. The predicted octanol–water partition coefficient (Wildman–Crippen LogP) is 2.11. The molecule has 0 radical (unpaired) electrons. The van der Waals surface area contributed by atoms with Crippen LogP contribution in [-0.4, -0.2) is 30.8 Å². The fourth-order valence-electron chi connectivity index (χ4n) is 2.47. The summed E-state index contributed by atoms with van der Waals surface area (Å²) in [5, 5.41) is 12.7. The van der Waals surface area contributed by atoms with Crippen molar-refractivity contribution in [1.29, 1.82) is 0 Å². The van der Waals surface area contributed by atoms with Crippen LogP contribution in [0.15, 0.2) is 18.2 Å². The van der Waals surface area contributed by atoms with Crippen LogP contribution in [0.25, 0.3) is 0 Å². The van der Waals surface area contributed by atoms with Crippen molar-refractivity contribution in [2.24, 2.45) is 5.92 Å². The zero-order chi connectivity index (χ0) is 13.8. The van der Waals surface area contributed by atoms with E-state index in [0.717, 1.165) is 31.4 Å². The van der Waals surface area contributed by atoms with Crippen molar-refractivity contribution in [3.05, 3.63) is 29.3 Å². The van der Waals surface area contributed by atoms with Crippen LogP contribution in [0.5, 0.6) is 5.75 Å². The van der Waals surface area contributed by atoms with Crippen LogP contribution in [0.3, 0.4) is 0 Å². The predicted molar refractivity (Wildman–Crippen MR) is 73.3 cm³/mol. The average molecular weight is 263 g/mol. The minimum atomic E-state index is -0.186. The summed E-state index contributed by atoms with van der Waals surface area (Å²) in [6, 6.07) is 5.39. The van der Waals surface area contributed by atoms with E-state index in [-0.39, 0.29) is 17.7 Å². The molecule has 1 aromatic rings. The minimum absolute atomic E-state index is 0.0439. The molecular weight excluding hydrogens is 242 g/mol. The number of hydrogen-bond donors (Lipinski definition) is 2. The van der Waals surface area contributed by atoms with E-state index in [1.807, 2.05) is 13.0 Å². The van der Waals surface area contributed by atoms with Crippen molar-refractivity contribution in [1.82, 2.24) is 5.32 Å². The van der Waals surface area contributed by atoms with Gasteiger partial charge in [0, 0.05) is 19.8 Å². The molecule has 0 bridgehead atoms. The molecule has 4 heteroatoms. The highest BCUT2D eigenvalue weighted by Crippen LogP contribution is 2.28. The van der Waals surface area contributed by atoms with Gasteiger partial charge in [-0.3, -0.25) is 4.79 Å². The highest BCUT2D eigenvalue weighted by atomic mass is 16.5. The van der Waals surface area contributed by atoms with Gasteiger partial charge in [-0.05, 0) is 42.9 Å². The molecule has 0 spiro atoms. The maximum atomic E-state index is 12.1. The lowest BCUT2D eigenvalue weighted by atomic mass is 9.81. The molecular formula is C15H21NO3. The number of carbonyl (C=O) groups excluding carboxylic acids is 1. The SMILES string of the molecule is CCc1ccc(O)c(C(=O)NC2CC(COC)C2)c1. The van der Waals surface area contributed by atoms with Gasteiger partial charge in [0.1, 0.15) is 5.75 Å². The standard InChI is InChI=1S/C15H21NO3/c1-3-10-4-5-14(17)13(8-10)15(18)16-12-6-11(7-12)9-19-2/h4-5,8,11-12,17H,3,6-7,9H2,1-2H3,(H,16,18). The van der Waals surface area contributed by atoms with Crippen molar-refractivity contribution >= 4 is 5.91 Å². The molecule has 0 aliphatic heterocycles. The van der Waals surface area contributed by atoms with Crippen molar-refractivity contribution in [3.63, 3.8) is 0 Å². The summed E-state index contributed by atoms with van der Waals surface area (Å²) in [7, 11) is 1.69. The summed E-state index contributed by atoms with van der Waals surface area (Å²) in [6.45, 7) is 2.78. The Labute approximate surface area is 113 Å². The lowest BCUT2D eigenvalue weighted by Crippen LogP contribution is -2.45. The van der Waals surface area contributed by atoms with Gasteiger partial charge < -0.3 is 15.2 Å². The molecule has 1 saturated carbocycles. The number of ether oxygens (including phenoxy) is 1. The van der Waals surface area contributed by atoms with Gasteiger partial charge in [0.15, 0.2) is 0 Å². The Morgan fingerprint density at radius 3 is 2.84 bits per heavy atom. The quantitative estimate of drug-likeness (QED) is 0.855. The number of rotatable bonds is 5. The average Bonchev–Trinajstić information content (AvgIpc) is 2.36. The largest absolute Gasteiger partial charge is 0.507 e. The second-order valence-corrected chi connectivity index (χ2v) is 5.17. The van der Waals surface area contributed by atoms with E-state index < -0.39 is 0 Å². The third-order valence-corrected chi connectivity index (χ3v) is 3.69. The second kappa shape index (κ2) is 6.06. The van der Waals surface area contributed by atoms with E-state index in [1.165, 1.54) is 0 Å². The Morgan fingerprint density at radius 2 is 2.21 bits per heavy atom. The smallest absolute Gasteiger partial charge is 0.255 e. The van der Waals surface area contributed by atoms with Gasteiger partial charge in [-0.1, -0.05) is 13.0 Å². The number of hydrogen-bond acceptors (Lipinski definition) is 3. The topological polar surface area (TPSA) is 58.6 Å². The molecule has 1 aliphatic rings. The summed E-state index contributed by atoms with van der Waals surface area (Å²) in [5.41, 5.74) is 1.42. The highest BCUT2D eigenvalue weighted by molar-refractivity contribution is 5.97. The molecule has 1 aliphatic carbocycles. The Kier molecular flexibility index (Phi) is 4.43. The number of aryl methyl sites for hydroxylation is 1. The number of carbonyl (C=O) groups is 1. The lowest BCUT2D eigenvalue weighted by Gasteiger charge is -2.35. The van der Waals surface area contributed by atoms with Crippen molar-refractivity contribution in [2.45, 2.75) is 32.2 Å². The van der Waals surface area contributed by atoms with E-state index >= 15 is 0 Å². The molecule has 1 aromatic carbocycles. The van der Waals surface area contributed by atoms with Gasteiger partial charge in [0.25, 0.3) is 5.91 Å². The third-order valence-electron chi connectivity index (χ3n) is 3.69. The Bertz CT molecular complexity index is 453. The van der Waals surface area contributed by atoms with Gasteiger partial charge in [-0.15, -0.1) is 0 Å². The fourth-order valence-corrected chi connectivity index (χ4v) is 2.47. The molecule has 0 atom stereocenters. The Balaban J connectivity index is 1.94. The lowest BCUT2D eigenvalue weighted by molar-refractivity contribution is 0.0736. The summed E-state index contributed by atoms with van der Waals surface area (Å²) in [4.78, 5) is 12.1. The molecule has 0 unspecified atom stereocenters. The van der Waals surface area contributed by atoms with Crippen LogP contribution in [0.1, 0.15) is 35.7 Å². The van der Waals surface area contributed by atoms with Gasteiger partial charge in [-0.2, -0.15) is 0 Å². The number of phenolic OH excluding ortho intramolecular Hbond substituents is 1. The van der Waals surface area contributed by atoms with Crippen molar-refractivity contribution in [2.75, 3.05) is 13.7 Å². The van der Waals surface area contributed by atoms with Gasteiger partial charge in [0.05, 0.1) is 5.56 Å². The van der Waals surface area contributed by atoms with Gasteiger partial charge >= 0.3 is 0 Å². The van der Waals surface area contributed by atoms with Crippen molar-refractivity contribution < 1.29 is 14.6 Å². The van der Waals surface area contributed by atoms with Gasteiger partial charge in [-0.25, -0.2) is 0 Å². The maximum Gasteiger partial charge on any atom is 0.255 e. The Morgan fingerprint density at radius 1 is 1.47 bits per heavy atom. The van der Waals surface area contributed by atoms with Crippen LogP contribution in [0.2, 0.25) is 0 Å². The molecule has 2 N–H and O–H groups in total. The first-order valence-corrected chi connectivity index (χ1v) is 6.75. The zero-order valence-electron chi connectivity index (χ0n) is 11.5. The fraction of sp³-hybridized carbons (Fsp3) is 0.533. The van der Waals surface area contributed by atoms with Crippen molar-refractivity contribution in [3.8, 4) is 5.75 Å².